The maximum atomic E-state index is 12.2. The van der Waals surface area contributed by atoms with Crippen LogP contribution in [0.3, 0.4) is 0 Å². The number of carbonyl (C=O) groups excluding carboxylic acids is 1. The van der Waals surface area contributed by atoms with Crippen molar-refractivity contribution in [2.45, 2.75) is 39.2 Å². The number of aliphatic hydroxyl groups excluding tert-OH is 1. The molecule has 1 unspecified atom stereocenters. The Morgan fingerprint density at radius 3 is 2.81 bits per heavy atom. The van der Waals surface area contributed by atoms with Crippen LogP contribution < -0.4 is 5.32 Å². The summed E-state index contributed by atoms with van der Waals surface area (Å²) in [5.41, 5.74) is 3.17. The molecule has 1 aliphatic carbocycles. The Labute approximate surface area is 127 Å². The van der Waals surface area contributed by atoms with Gasteiger partial charge in [0.2, 0.25) is 5.91 Å². The fraction of sp³-hybridized carbons (Fsp3) is 0.588. The molecule has 21 heavy (non-hydrogen) atoms. The summed E-state index contributed by atoms with van der Waals surface area (Å²) in [5, 5.41) is 12.9. The van der Waals surface area contributed by atoms with Gasteiger partial charge in [0.1, 0.15) is 0 Å². The van der Waals surface area contributed by atoms with Gasteiger partial charge in [-0.3, -0.25) is 9.69 Å². The highest BCUT2D eigenvalue weighted by molar-refractivity contribution is 5.93. The maximum Gasteiger partial charge on any atom is 0.238 e. The summed E-state index contributed by atoms with van der Waals surface area (Å²) < 4.78 is 0. The Morgan fingerprint density at radius 2 is 2.19 bits per heavy atom. The van der Waals surface area contributed by atoms with Crippen LogP contribution in [0.25, 0.3) is 0 Å². The first-order valence-electron chi connectivity index (χ1n) is 7.76. The average molecular weight is 290 g/mol. The highest BCUT2D eigenvalue weighted by Crippen LogP contribution is 2.32. The van der Waals surface area contributed by atoms with Crippen molar-refractivity contribution in [3.8, 4) is 0 Å². The van der Waals surface area contributed by atoms with Gasteiger partial charge in [-0.1, -0.05) is 25.1 Å². The third kappa shape index (κ3) is 4.55. The third-order valence-corrected chi connectivity index (χ3v) is 4.08. The number of rotatable bonds is 7. The number of benzene rings is 1. The molecule has 1 aromatic rings. The molecule has 0 heterocycles. The number of aryl methyl sites for hydroxylation is 2. The number of anilines is 1. The van der Waals surface area contributed by atoms with E-state index in [-0.39, 0.29) is 12.0 Å². The zero-order chi connectivity index (χ0) is 15.4. The quantitative estimate of drug-likeness (QED) is 0.809. The van der Waals surface area contributed by atoms with Crippen LogP contribution in [0.4, 0.5) is 5.69 Å². The number of amides is 1. The molecule has 0 radical (unpaired) electrons. The summed E-state index contributed by atoms with van der Waals surface area (Å²) in [6.45, 7) is 4.96. The summed E-state index contributed by atoms with van der Waals surface area (Å²) in [7, 11) is 1.88. The summed E-state index contributed by atoms with van der Waals surface area (Å²) in [6.07, 6.45) is 2.83. The molecule has 116 valence electrons. The third-order valence-electron chi connectivity index (χ3n) is 4.08. The number of aliphatic hydroxyl groups is 1. The number of para-hydroxylation sites is 1. The van der Waals surface area contributed by atoms with E-state index in [0.717, 1.165) is 36.1 Å². The van der Waals surface area contributed by atoms with E-state index in [9.17, 15) is 9.90 Å². The highest BCUT2D eigenvalue weighted by Gasteiger charge is 2.30. The number of carbonyl (C=O) groups is 1. The van der Waals surface area contributed by atoms with E-state index in [1.165, 1.54) is 0 Å². The predicted molar refractivity (Wildman–Crippen MR) is 85.4 cm³/mol. The first-order chi connectivity index (χ1) is 10.0. The molecule has 1 amide bonds. The molecule has 4 nitrogen and oxygen atoms in total. The highest BCUT2D eigenvalue weighted by atomic mass is 16.3. The van der Waals surface area contributed by atoms with Gasteiger partial charge in [-0.15, -0.1) is 0 Å². The first kappa shape index (κ1) is 16.0. The number of hydrogen-bond acceptors (Lipinski definition) is 3. The largest absolute Gasteiger partial charge is 0.392 e. The maximum absolute atomic E-state index is 12.2. The van der Waals surface area contributed by atoms with E-state index in [4.69, 9.17) is 0 Å². The van der Waals surface area contributed by atoms with Gasteiger partial charge in [0.15, 0.2) is 0 Å². The molecule has 0 spiro atoms. The van der Waals surface area contributed by atoms with Gasteiger partial charge in [-0.05, 0) is 50.3 Å². The van der Waals surface area contributed by atoms with Crippen LogP contribution in [0, 0.1) is 12.8 Å². The minimum atomic E-state index is -0.299. The number of nitrogens with zero attached hydrogens (tertiary/aromatic N) is 1. The zero-order valence-electron chi connectivity index (χ0n) is 13.2. The smallest absolute Gasteiger partial charge is 0.238 e. The van der Waals surface area contributed by atoms with Crippen molar-refractivity contribution >= 4 is 11.6 Å². The lowest BCUT2D eigenvalue weighted by molar-refractivity contribution is -0.117. The van der Waals surface area contributed by atoms with Gasteiger partial charge in [-0.2, -0.15) is 0 Å². The summed E-state index contributed by atoms with van der Waals surface area (Å²) in [5.74, 6) is 0.420. The molecule has 1 atom stereocenters. The lowest BCUT2D eigenvalue weighted by atomic mass is 10.1. The van der Waals surface area contributed by atoms with Crippen molar-refractivity contribution in [3.63, 3.8) is 0 Å². The summed E-state index contributed by atoms with van der Waals surface area (Å²) in [4.78, 5) is 14.1. The standard InChI is InChI=1S/C17H26N2O2/c1-4-13-7-5-6-12(2)17(13)18-16(21)11-19(3)10-15(20)14-8-9-14/h5-7,14-15,20H,4,8-11H2,1-3H3,(H,18,21). The first-order valence-corrected chi connectivity index (χ1v) is 7.76. The molecular weight excluding hydrogens is 264 g/mol. The molecule has 2 rings (SSSR count). The monoisotopic (exact) mass is 290 g/mol. The van der Waals surface area contributed by atoms with Gasteiger partial charge in [-0.25, -0.2) is 0 Å². The Hall–Kier alpha value is -1.39. The topological polar surface area (TPSA) is 52.6 Å². The van der Waals surface area contributed by atoms with Crippen molar-refractivity contribution in [3.05, 3.63) is 29.3 Å². The summed E-state index contributed by atoms with van der Waals surface area (Å²) >= 11 is 0. The average Bonchev–Trinajstić information content (AvgIpc) is 3.25. The molecule has 0 aromatic heterocycles. The van der Waals surface area contributed by atoms with E-state index < -0.39 is 0 Å². The van der Waals surface area contributed by atoms with Crippen LogP contribution in [-0.4, -0.2) is 42.2 Å². The van der Waals surface area contributed by atoms with Gasteiger partial charge in [0, 0.05) is 12.2 Å². The molecular formula is C17H26N2O2. The van der Waals surface area contributed by atoms with E-state index >= 15 is 0 Å². The molecule has 1 saturated carbocycles. The summed E-state index contributed by atoms with van der Waals surface area (Å²) in [6, 6.07) is 6.07. The molecule has 1 aromatic carbocycles. The van der Waals surface area contributed by atoms with E-state index in [1.807, 2.05) is 37.1 Å². The van der Waals surface area contributed by atoms with Crippen molar-refractivity contribution in [1.82, 2.24) is 4.90 Å². The normalized spacial score (nSPS) is 16.0. The van der Waals surface area contributed by atoms with Crippen molar-refractivity contribution in [2.24, 2.45) is 5.92 Å². The van der Waals surface area contributed by atoms with Crippen molar-refractivity contribution in [1.29, 1.82) is 0 Å². The molecule has 1 fully saturated rings. The van der Waals surface area contributed by atoms with Gasteiger partial charge >= 0.3 is 0 Å². The van der Waals surface area contributed by atoms with E-state index in [2.05, 4.69) is 12.2 Å². The Kier molecular flexibility index (Phi) is 5.37. The number of likely N-dealkylation sites (N-methyl/N-ethyl adjacent to an activating group) is 1. The minimum absolute atomic E-state index is 0.0236. The second kappa shape index (κ2) is 7.05. The van der Waals surface area contributed by atoms with Gasteiger partial charge < -0.3 is 10.4 Å². The second-order valence-electron chi connectivity index (χ2n) is 6.11. The number of nitrogens with one attached hydrogen (secondary N) is 1. The lowest BCUT2D eigenvalue weighted by Gasteiger charge is -2.20. The zero-order valence-corrected chi connectivity index (χ0v) is 13.2. The van der Waals surface area contributed by atoms with Gasteiger partial charge in [0.05, 0.1) is 12.6 Å². The molecule has 1 aliphatic rings. The Bertz CT molecular complexity index is 498. The van der Waals surface area contributed by atoms with Crippen LogP contribution in [0.1, 0.15) is 30.9 Å². The van der Waals surface area contributed by atoms with Crippen LogP contribution in [0.15, 0.2) is 18.2 Å². The molecule has 4 heteroatoms. The fourth-order valence-electron chi connectivity index (χ4n) is 2.64. The van der Waals surface area contributed by atoms with Crippen LogP contribution in [0.2, 0.25) is 0 Å². The van der Waals surface area contributed by atoms with Crippen LogP contribution >= 0.6 is 0 Å². The van der Waals surface area contributed by atoms with Crippen LogP contribution in [0.5, 0.6) is 0 Å². The Morgan fingerprint density at radius 1 is 1.48 bits per heavy atom. The minimum Gasteiger partial charge on any atom is -0.392 e. The SMILES string of the molecule is CCc1cccc(C)c1NC(=O)CN(C)CC(O)C1CC1. The van der Waals surface area contributed by atoms with E-state index in [1.54, 1.807) is 0 Å². The second-order valence-corrected chi connectivity index (χ2v) is 6.11. The van der Waals surface area contributed by atoms with Crippen LogP contribution in [-0.2, 0) is 11.2 Å². The van der Waals surface area contributed by atoms with Crippen molar-refractivity contribution < 1.29 is 9.90 Å². The molecule has 2 N–H and O–H groups in total. The molecule has 0 saturated heterocycles. The predicted octanol–water partition coefficient (Wildman–Crippen LogP) is 2.20. The van der Waals surface area contributed by atoms with E-state index in [0.29, 0.717) is 19.0 Å². The molecule has 0 bridgehead atoms. The Balaban J connectivity index is 1.89. The fourth-order valence-corrected chi connectivity index (χ4v) is 2.64. The molecule has 0 aliphatic heterocycles. The van der Waals surface area contributed by atoms with Crippen molar-refractivity contribution in [2.75, 3.05) is 25.5 Å². The lowest BCUT2D eigenvalue weighted by Crippen LogP contribution is -2.36. The van der Waals surface area contributed by atoms with Gasteiger partial charge in [0.25, 0.3) is 0 Å². The number of hydrogen-bond donors (Lipinski definition) is 2.